The lowest BCUT2D eigenvalue weighted by molar-refractivity contribution is -0.138. The van der Waals surface area contributed by atoms with Crippen LogP contribution in [0.5, 0.6) is 0 Å². The number of nitrogens with zero attached hydrogens (tertiary/aromatic N) is 3. The molecule has 1 aliphatic carbocycles. The van der Waals surface area contributed by atoms with Crippen LogP contribution in [0.3, 0.4) is 0 Å². The monoisotopic (exact) mass is 421 g/mol. The molecule has 168 valence electrons. The summed E-state index contributed by atoms with van der Waals surface area (Å²) in [5, 5.41) is 0. The van der Waals surface area contributed by atoms with Gasteiger partial charge in [0.2, 0.25) is 5.91 Å². The molecule has 2 atom stereocenters. The minimum Gasteiger partial charge on any atom is -0.353 e. The van der Waals surface area contributed by atoms with Crippen LogP contribution >= 0.6 is 0 Å². The van der Waals surface area contributed by atoms with Crippen molar-refractivity contribution in [3.8, 4) is 0 Å². The van der Waals surface area contributed by atoms with Crippen molar-refractivity contribution in [3.05, 3.63) is 59.9 Å². The summed E-state index contributed by atoms with van der Waals surface area (Å²) in [6, 6.07) is 15.8. The van der Waals surface area contributed by atoms with Gasteiger partial charge in [-0.1, -0.05) is 63.4 Å². The van der Waals surface area contributed by atoms with E-state index in [0.717, 1.165) is 26.2 Å². The van der Waals surface area contributed by atoms with Crippen LogP contribution in [0.25, 0.3) is 0 Å². The molecule has 31 heavy (non-hydrogen) atoms. The molecule has 1 aromatic carbocycles. The number of hydrogen-bond acceptors (Lipinski definition) is 2. The summed E-state index contributed by atoms with van der Waals surface area (Å²) in [4.78, 5) is 18.1. The Bertz CT molecular complexity index is 837. The molecular weight excluding hydrogens is 382 g/mol. The Morgan fingerprint density at radius 3 is 2.42 bits per heavy atom. The van der Waals surface area contributed by atoms with Gasteiger partial charge in [-0.2, -0.15) is 0 Å². The fraction of sp³-hybridized carbons (Fsp3) is 0.593. The van der Waals surface area contributed by atoms with Gasteiger partial charge in [0.25, 0.3) is 0 Å². The summed E-state index contributed by atoms with van der Waals surface area (Å²) >= 11 is 0. The second kappa shape index (κ2) is 10.0. The average Bonchev–Trinajstić information content (AvgIpc) is 3.38. The molecule has 0 spiro atoms. The van der Waals surface area contributed by atoms with Crippen LogP contribution in [0.1, 0.15) is 63.1 Å². The summed E-state index contributed by atoms with van der Waals surface area (Å²) in [6.45, 7) is 8.11. The SMILES string of the molecule is CC(C)C(=O)N(C[C@H]1CN(Cc2cccn2C)C[C@@H]1c1ccccc1)C1CCCCC1. The molecule has 0 N–H and O–H groups in total. The van der Waals surface area contributed by atoms with Gasteiger partial charge in [0, 0.05) is 63.0 Å². The summed E-state index contributed by atoms with van der Waals surface area (Å²) < 4.78 is 2.22. The molecule has 4 nitrogen and oxygen atoms in total. The Hall–Kier alpha value is -2.07. The summed E-state index contributed by atoms with van der Waals surface area (Å²) in [7, 11) is 2.13. The lowest BCUT2D eigenvalue weighted by Crippen LogP contribution is -2.47. The van der Waals surface area contributed by atoms with Gasteiger partial charge in [-0.05, 0) is 36.5 Å². The quantitative estimate of drug-likeness (QED) is 0.625. The zero-order valence-electron chi connectivity index (χ0n) is 19.5. The van der Waals surface area contributed by atoms with Crippen molar-refractivity contribution in [2.24, 2.45) is 18.9 Å². The highest BCUT2D eigenvalue weighted by Gasteiger charge is 2.38. The lowest BCUT2D eigenvalue weighted by atomic mass is 9.86. The molecule has 0 bridgehead atoms. The summed E-state index contributed by atoms with van der Waals surface area (Å²) in [5.74, 6) is 1.37. The number of aromatic nitrogens is 1. The molecule has 1 aromatic heterocycles. The molecule has 2 aromatic rings. The van der Waals surface area contributed by atoms with E-state index in [4.69, 9.17) is 0 Å². The third-order valence-electron chi connectivity index (χ3n) is 7.40. The van der Waals surface area contributed by atoms with Crippen molar-refractivity contribution in [1.29, 1.82) is 0 Å². The number of rotatable bonds is 7. The van der Waals surface area contributed by atoms with E-state index in [2.05, 4.69) is 83.9 Å². The van der Waals surface area contributed by atoms with Crippen LogP contribution in [-0.2, 0) is 18.4 Å². The second-order valence-electron chi connectivity index (χ2n) is 10.0. The summed E-state index contributed by atoms with van der Waals surface area (Å²) in [5.41, 5.74) is 2.78. The molecule has 1 aliphatic heterocycles. The van der Waals surface area contributed by atoms with Gasteiger partial charge < -0.3 is 9.47 Å². The van der Waals surface area contributed by atoms with Gasteiger partial charge in [-0.15, -0.1) is 0 Å². The molecular formula is C27H39N3O. The highest BCUT2D eigenvalue weighted by Crippen LogP contribution is 2.36. The number of carbonyl (C=O) groups is 1. The molecule has 1 saturated heterocycles. The Morgan fingerprint density at radius 1 is 1.03 bits per heavy atom. The van der Waals surface area contributed by atoms with E-state index in [1.165, 1.54) is 43.4 Å². The van der Waals surface area contributed by atoms with E-state index < -0.39 is 0 Å². The van der Waals surface area contributed by atoms with Crippen molar-refractivity contribution in [2.75, 3.05) is 19.6 Å². The van der Waals surface area contributed by atoms with Gasteiger partial charge in [-0.3, -0.25) is 9.69 Å². The maximum atomic E-state index is 13.3. The van der Waals surface area contributed by atoms with Crippen LogP contribution in [0, 0.1) is 11.8 Å². The minimum atomic E-state index is 0.0676. The van der Waals surface area contributed by atoms with E-state index in [0.29, 0.717) is 23.8 Å². The van der Waals surface area contributed by atoms with E-state index in [1.54, 1.807) is 0 Å². The first kappa shape index (κ1) is 22.1. The van der Waals surface area contributed by atoms with Gasteiger partial charge in [0.1, 0.15) is 0 Å². The van der Waals surface area contributed by atoms with Crippen LogP contribution in [0.2, 0.25) is 0 Å². The smallest absolute Gasteiger partial charge is 0.225 e. The zero-order chi connectivity index (χ0) is 21.8. The van der Waals surface area contributed by atoms with Crippen molar-refractivity contribution in [3.63, 3.8) is 0 Å². The highest BCUT2D eigenvalue weighted by molar-refractivity contribution is 5.78. The van der Waals surface area contributed by atoms with Crippen LogP contribution < -0.4 is 0 Å². The fourth-order valence-corrected chi connectivity index (χ4v) is 5.64. The Balaban J connectivity index is 1.55. The van der Waals surface area contributed by atoms with E-state index >= 15 is 0 Å². The molecule has 2 aliphatic rings. The second-order valence-corrected chi connectivity index (χ2v) is 10.0. The number of aryl methyl sites for hydroxylation is 1. The standard InChI is InChI=1S/C27H39N3O/c1-21(2)27(31)30(24-13-8-5-9-14-24)18-23-17-29(19-25-15-10-16-28(25)3)20-26(23)22-11-6-4-7-12-22/h4,6-7,10-12,15-16,21,23-24,26H,5,8-9,13-14,17-20H2,1-3H3/t23-,26-/m1/s1. The Kier molecular flexibility index (Phi) is 7.16. The highest BCUT2D eigenvalue weighted by atomic mass is 16.2. The van der Waals surface area contributed by atoms with Crippen molar-refractivity contribution in [1.82, 2.24) is 14.4 Å². The van der Waals surface area contributed by atoms with Gasteiger partial charge in [0.15, 0.2) is 0 Å². The first-order valence-electron chi connectivity index (χ1n) is 12.2. The third-order valence-corrected chi connectivity index (χ3v) is 7.40. The van der Waals surface area contributed by atoms with Gasteiger partial charge >= 0.3 is 0 Å². The predicted molar refractivity (Wildman–Crippen MR) is 127 cm³/mol. The number of amides is 1. The van der Waals surface area contributed by atoms with E-state index in [9.17, 15) is 4.79 Å². The van der Waals surface area contributed by atoms with Crippen molar-refractivity contribution in [2.45, 2.75) is 64.5 Å². The minimum absolute atomic E-state index is 0.0676. The first-order valence-corrected chi connectivity index (χ1v) is 12.2. The zero-order valence-corrected chi connectivity index (χ0v) is 19.5. The predicted octanol–water partition coefficient (Wildman–Crippen LogP) is 5.06. The Morgan fingerprint density at radius 2 is 1.77 bits per heavy atom. The molecule has 0 radical (unpaired) electrons. The summed E-state index contributed by atoms with van der Waals surface area (Å²) in [6.07, 6.45) is 8.32. The van der Waals surface area contributed by atoms with E-state index in [-0.39, 0.29) is 5.92 Å². The van der Waals surface area contributed by atoms with Gasteiger partial charge in [0.05, 0.1) is 0 Å². The molecule has 4 rings (SSSR count). The van der Waals surface area contributed by atoms with E-state index in [1.807, 2.05) is 0 Å². The van der Waals surface area contributed by atoms with Crippen LogP contribution in [-0.4, -0.2) is 46.0 Å². The van der Waals surface area contributed by atoms with Crippen LogP contribution in [0.4, 0.5) is 0 Å². The van der Waals surface area contributed by atoms with Crippen molar-refractivity contribution < 1.29 is 4.79 Å². The maximum Gasteiger partial charge on any atom is 0.225 e. The number of hydrogen-bond donors (Lipinski definition) is 0. The largest absolute Gasteiger partial charge is 0.353 e. The van der Waals surface area contributed by atoms with Gasteiger partial charge in [-0.25, -0.2) is 0 Å². The first-order chi connectivity index (χ1) is 15.0. The molecule has 0 unspecified atom stereocenters. The topological polar surface area (TPSA) is 28.5 Å². The maximum absolute atomic E-state index is 13.3. The molecule has 1 saturated carbocycles. The average molecular weight is 422 g/mol. The molecule has 2 heterocycles. The molecule has 1 amide bonds. The number of likely N-dealkylation sites (tertiary alicyclic amines) is 1. The number of carbonyl (C=O) groups excluding carboxylic acids is 1. The van der Waals surface area contributed by atoms with Crippen LogP contribution in [0.15, 0.2) is 48.7 Å². The van der Waals surface area contributed by atoms with Crippen molar-refractivity contribution >= 4 is 5.91 Å². The molecule has 2 fully saturated rings. The number of benzene rings is 1. The normalized spacial score (nSPS) is 22.8. The molecule has 4 heteroatoms. The third kappa shape index (κ3) is 5.23. The lowest BCUT2D eigenvalue weighted by Gasteiger charge is -2.38. The fourth-order valence-electron chi connectivity index (χ4n) is 5.64. The Labute approximate surface area is 188 Å².